The molecule has 1 aliphatic rings. The van der Waals surface area contributed by atoms with E-state index in [-0.39, 0.29) is 5.91 Å². The first kappa shape index (κ1) is 13.0. The van der Waals surface area contributed by atoms with Gasteiger partial charge in [-0.05, 0) is 50.8 Å². The van der Waals surface area contributed by atoms with E-state index >= 15 is 0 Å². The Labute approximate surface area is 117 Å². The van der Waals surface area contributed by atoms with Crippen LogP contribution in [-0.4, -0.2) is 23.5 Å². The van der Waals surface area contributed by atoms with Crippen LogP contribution in [0.3, 0.4) is 0 Å². The van der Waals surface area contributed by atoms with E-state index < -0.39 is 0 Å². The third kappa shape index (κ3) is 4.37. The fraction of sp³-hybridized carbons (Fsp3) is 0.455. The first-order valence-electron chi connectivity index (χ1n) is 5.45. The molecule has 1 heterocycles. The van der Waals surface area contributed by atoms with E-state index in [1.807, 2.05) is 6.07 Å². The van der Waals surface area contributed by atoms with Crippen LogP contribution in [0, 0.1) is 0 Å². The third-order valence-corrected chi connectivity index (χ3v) is 3.52. The highest BCUT2D eigenvalue weighted by molar-refractivity contribution is 9.11. The van der Waals surface area contributed by atoms with Crippen molar-refractivity contribution in [3.63, 3.8) is 0 Å². The Morgan fingerprint density at radius 2 is 2.24 bits per heavy atom. The number of hydrogen-bond donors (Lipinski definition) is 2. The maximum absolute atomic E-state index is 11.4. The Hall–Kier alpha value is -0.460. The first-order valence-corrected chi connectivity index (χ1v) is 7.04. The molecule has 4 nitrogen and oxygen atoms in total. The van der Waals surface area contributed by atoms with E-state index in [0.29, 0.717) is 19.1 Å². The van der Waals surface area contributed by atoms with Crippen LogP contribution in [0.1, 0.15) is 18.5 Å². The molecular weight excluding hydrogens is 350 g/mol. The number of halogens is 2. The molecule has 0 aliphatic heterocycles. The normalized spacial score (nSPS) is 14.7. The summed E-state index contributed by atoms with van der Waals surface area (Å²) in [5.74, 6) is 0.0562. The largest absolute Gasteiger partial charge is 0.352 e. The summed E-state index contributed by atoms with van der Waals surface area (Å²) in [6.07, 6.45) is 3.98. The lowest BCUT2D eigenvalue weighted by Gasteiger charge is -2.06. The Morgan fingerprint density at radius 3 is 2.88 bits per heavy atom. The molecule has 1 saturated carbocycles. The number of aromatic nitrogens is 1. The maximum atomic E-state index is 11.4. The quantitative estimate of drug-likeness (QED) is 0.842. The molecule has 17 heavy (non-hydrogen) atoms. The van der Waals surface area contributed by atoms with Crippen molar-refractivity contribution in [2.24, 2.45) is 0 Å². The van der Waals surface area contributed by atoms with Crippen LogP contribution in [0.25, 0.3) is 0 Å². The molecule has 2 rings (SSSR count). The fourth-order valence-electron chi connectivity index (χ4n) is 1.37. The molecule has 6 heteroatoms. The molecule has 1 amide bonds. The van der Waals surface area contributed by atoms with Crippen LogP contribution in [0.2, 0.25) is 0 Å². The lowest BCUT2D eigenvalue weighted by Crippen LogP contribution is -2.34. The zero-order valence-corrected chi connectivity index (χ0v) is 12.3. The fourth-order valence-corrected chi connectivity index (χ4v) is 2.50. The Kier molecular flexibility index (Phi) is 4.53. The van der Waals surface area contributed by atoms with Crippen LogP contribution < -0.4 is 10.6 Å². The maximum Gasteiger partial charge on any atom is 0.234 e. The summed E-state index contributed by atoms with van der Waals surface area (Å²) in [7, 11) is 0. The molecular formula is C11H13Br2N3O. The van der Waals surface area contributed by atoms with E-state index in [0.717, 1.165) is 27.5 Å². The minimum Gasteiger partial charge on any atom is -0.352 e. The minimum atomic E-state index is 0.0562. The molecule has 0 aromatic carbocycles. The molecule has 0 spiro atoms. The number of amides is 1. The number of carbonyl (C=O) groups excluding carboxylic acids is 1. The zero-order valence-electron chi connectivity index (χ0n) is 9.17. The van der Waals surface area contributed by atoms with Gasteiger partial charge in [0.2, 0.25) is 5.91 Å². The molecule has 92 valence electrons. The number of carbonyl (C=O) groups is 1. The van der Waals surface area contributed by atoms with Gasteiger partial charge in [-0.15, -0.1) is 0 Å². The molecule has 1 fully saturated rings. The standard InChI is InChI=1S/C11H13Br2N3O/c12-7-3-9(13)10(15-4-7)5-14-6-11(17)16-8-1-2-8/h3-4,8,14H,1-2,5-6H2,(H,16,17). The van der Waals surface area contributed by atoms with Crippen LogP contribution in [-0.2, 0) is 11.3 Å². The highest BCUT2D eigenvalue weighted by atomic mass is 79.9. The molecule has 0 unspecified atom stereocenters. The van der Waals surface area contributed by atoms with E-state index in [9.17, 15) is 4.79 Å². The molecule has 1 aromatic rings. The number of pyridine rings is 1. The minimum absolute atomic E-state index is 0.0562. The summed E-state index contributed by atoms with van der Waals surface area (Å²) in [6, 6.07) is 2.36. The zero-order chi connectivity index (χ0) is 12.3. The summed E-state index contributed by atoms with van der Waals surface area (Å²) < 4.78 is 1.86. The van der Waals surface area contributed by atoms with E-state index in [1.54, 1.807) is 6.20 Å². The smallest absolute Gasteiger partial charge is 0.234 e. The van der Waals surface area contributed by atoms with Crippen molar-refractivity contribution >= 4 is 37.8 Å². The third-order valence-electron chi connectivity index (χ3n) is 2.40. The van der Waals surface area contributed by atoms with Gasteiger partial charge in [0.1, 0.15) is 0 Å². The predicted octanol–water partition coefficient (Wildman–Crippen LogP) is 1.97. The Morgan fingerprint density at radius 1 is 1.47 bits per heavy atom. The second-order valence-electron chi connectivity index (χ2n) is 4.03. The Balaban J connectivity index is 1.75. The predicted molar refractivity (Wildman–Crippen MR) is 72.5 cm³/mol. The second-order valence-corrected chi connectivity index (χ2v) is 5.80. The lowest BCUT2D eigenvalue weighted by molar-refractivity contribution is -0.120. The Bertz CT molecular complexity index is 421. The average molecular weight is 363 g/mol. The highest BCUT2D eigenvalue weighted by Gasteiger charge is 2.22. The monoisotopic (exact) mass is 361 g/mol. The van der Waals surface area contributed by atoms with Crippen molar-refractivity contribution in [3.8, 4) is 0 Å². The first-order chi connectivity index (χ1) is 8.15. The topological polar surface area (TPSA) is 54.0 Å². The van der Waals surface area contributed by atoms with Crippen molar-refractivity contribution in [1.82, 2.24) is 15.6 Å². The highest BCUT2D eigenvalue weighted by Crippen LogP contribution is 2.19. The number of nitrogens with zero attached hydrogens (tertiary/aromatic N) is 1. The van der Waals surface area contributed by atoms with Crippen molar-refractivity contribution in [2.45, 2.75) is 25.4 Å². The lowest BCUT2D eigenvalue weighted by atomic mass is 10.3. The van der Waals surface area contributed by atoms with Gasteiger partial charge < -0.3 is 10.6 Å². The van der Waals surface area contributed by atoms with E-state index in [2.05, 4.69) is 47.5 Å². The molecule has 2 N–H and O–H groups in total. The summed E-state index contributed by atoms with van der Waals surface area (Å²) in [5.41, 5.74) is 0.896. The van der Waals surface area contributed by atoms with Gasteiger partial charge in [-0.25, -0.2) is 0 Å². The molecule has 0 bridgehead atoms. The van der Waals surface area contributed by atoms with Gasteiger partial charge in [0.15, 0.2) is 0 Å². The van der Waals surface area contributed by atoms with Gasteiger partial charge in [-0.2, -0.15) is 0 Å². The van der Waals surface area contributed by atoms with Crippen LogP contribution in [0.15, 0.2) is 21.2 Å². The van der Waals surface area contributed by atoms with E-state index in [1.165, 1.54) is 0 Å². The number of hydrogen-bond acceptors (Lipinski definition) is 3. The molecule has 0 radical (unpaired) electrons. The molecule has 0 atom stereocenters. The average Bonchev–Trinajstić information content (AvgIpc) is 3.05. The second kappa shape index (κ2) is 5.93. The van der Waals surface area contributed by atoms with Crippen molar-refractivity contribution < 1.29 is 4.79 Å². The van der Waals surface area contributed by atoms with Crippen LogP contribution in [0.5, 0.6) is 0 Å². The summed E-state index contributed by atoms with van der Waals surface area (Å²) in [4.78, 5) is 15.7. The van der Waals surface area contributed by atoms with Gasteiger partial charge in [0, 0.05) is 27.7 Å². The van der Waals surface area contributed by atoms with Crippen LogP contribution >= 0.6 is 31.9 Å². The van der Waals surface area contributed by atoms with Crippen LogP contribution in [0.4, 0.5) is 0 Å². The van der Waals surface area contributed by atoms with Gasteiger partial charge in [-0.3, -0.25) is 9.78 Å². The van der Waals surface area contributed by atoms with Crippen molar-refractivity contribution in [2.75, 3.05) is 6.54 Å². The molecule has 1 aromatic heterocycles. The van der Waals surface area contributed by atoms with E-state index in [4.69, 9.17) is 0 Å². The van der Waals surface area contributed by atoms with Gasteiger partial charge in [-0.1, -0.05) is 0 Å². The molecule has 0 saturated heterocycles. The SMILES string of the molecule is O=C(CNCc1ncc(Br)cc1Br)NC1CC1. The molecule has 1 aliphatic carbocycles. The van der Waals surface area contributed by atoms with Crippen molar-refractivity contribution in [1.29, 1.82) is 0 Å². The van der Waals surface area contributed by atoms with Gasteiger partial charge >= 0.3 is 0 Å². The van der Waals surface area contributed by atoms with Crippen molar-refractivity contribution in [3.05, 3.63) is 26.9 Å². The number of nitrogens with one attached hydrogen (secondary N) is 2. The van der Waals surface area contributed by atoms with Gasteiger partial charge in [0.25, 0.3) is 0 Å². The summed E-state index contributed by atoms with van der Waals surface area (Å²) >= 11 is 6.78. The summed E-state index contributed by atoms with van der Waals surface area (Å²) in [5, 5.41) is 6.00. The van der Waals surface area contributed by atoms with Gasteiger partial charge in [0.05, 0.1) is 12.2 Å². The summed E-state index contributed by atoms with van der Waals surface area (Å²) in [6.45, 7) is 0.909. The number of rotatable bonds is 5.